The lowest BCUT2D eigenvalue weighted by Crippen LogP contribution is -2.14. The molecule has 0 aromatic heterocycles. The maximum atomic E-state index is 5.71. The molecular formula is C13H20BrNO2. The summed E-state index contributed by atoms with van der Waals surface area (Å²) in [5.74, 6) is 0.925. The van der Waals surface area contributed by atoms with Crippen LogP contribution in [0.1, 0.15) is 19.4 Å². The summed E-state index contributed by atoms with van der Waals surface area (Å²) in [5.41, 5.74) is 1.16. The topological polar surface area (TPSA) is 30.5 Å². The summed E-state index contributed by atoms with van der Waals surface area (Å²) < 4.78 is 12.0. The molecule has 1 N–H and O–H groups in total. The molecule has 1 aromatic rings. The number of hydrogen-bond acceptors (Lipinski definition) is 3. The van der Waals surface area contributed by atoms with Gasteiger partial charge in [-0.25, -0.2) is 0 Å². The van der Waals surface area contributed by atoms with Crippen LogP contribution >= 0.6 is 15.9 Å². The van der Waals surface area contributed by atoms with Crippen molar-refractivity contribution in [3.63, 3.8) is 0 Å². The van der Waals surface area contributed by atoms with Crippen LogP contribution in [0.2, 0.25) is 0 Å². The fraction of sp³-hybridized carbons (Fsp3) is 0.538. The van der Waals surface area contributed by atoms with E-state index in [2.05, 4.69) is 34.2 Å². The molecule has 0 radical (unpaired) electrons. The molecule has 1 rings (SSSR count). The standard InChI is InChI=1S/C13H20BrNO2/c1-3-15-10-11-9-12(14)5-6-13(11)17-8-7-16-4-2/h5-6,9,15H,3-4,7-8,10H2,1-2H3. The molecule has 0 unspecified atom stereocenters. The van der Waals surface area contributed by atoms with E-state index in [1.165, 1.54) is 0 Å². The lowest BCUT2D eigenvalue weighted by molar-refractivity contribution is 0.110. The molecule has 0 atom stereocenters. The van der Waals surface area contributed by atoms with E-state index >= 15 is 0 Å². The SMILES string of the molecule is CCNCc1cc(Br)ccc1OCCOCC. The van der Waals surface area contributed by atoms with Gasteiger partial charge in [-0.3, -0.25) is 0 Å². The van der Waals surface area contributed by atoms with E-state index in [0.29, 0.717) is 13.2 Å². The smallest absolute Gasteiger partial charge is 0.123 e. The van der Waals surface area contributed by atoms with Crippen LogP contribution in [0.15, 0.2) is 22.7 Å². The van der Waals surface area contributed by atoms with E-state index in [1.54, 1.807) is 0 Å². The second-order valence-corrected chi connectivity index (χ2v) is 4.49. The van der Waals surface area contributed by atoms with Gasteiger partial charge < -0.3 is 14.8 Å². The number of nitrogens with one attached hydrogen (secondary N) is 1. The van der Waals surface area contributed by atoms with Gasteiger partial charge in [-0.05, 0) is 31.7 Å². The zero-order chi connectivity index (χ0) is 12.5. The van der Waals surface area contributed by atoms with Gasteiger partial charge in [-0.1, -0.05) is 22.9 Å². The second kappa shape index (κ2) is 8.50. The molecular weight excluding hydrogens is 282 g/mol. The van der Waals surface area contributed by atoms with Crippen molar-refractivity contribution < 1.29 is 9.47 Å². The molecule has 0 amide bonds. The third kappa shape index (κ3) is 5.52. The van der Waals surface area contributed by atoms with E-state index in [0.717, 1.165) is 35.5 Å². The van der Waals surface area contributed by atoms with Crippen LogP contribution in [0, 0.1) is 0 Å². The molecule has 0 saturated carbocycles. The predicted molar refractivity (Wildman–Crippen MR) is 73.5 cm³/mol. The van der Waals surface area contributed by atoms with Crippen LogP contribution < -0.4 is 10.1 Å². The molecule has 0 heterocycles. The van der Waals surface area contributed by atoms with Crippen LogP contribution in [0.5, 0.6) is 5.75 Å². The lowest BCUT2D eigenvalue weighted by Gasteiger charge is -2.12. The lowest BCUT2D eigenvalue weighted by atomic mass is 10.2. The first-order valence-corrected chi connectivity index (χ1v) is 6.77. The van der Waals surface area contributed by atoms with Gasteiger partial charge in [0, 0.05) is 23.2 Å². The summed E-state index contributed by atoms with van der Waals surface area (Å²) in [7, 11) is 0. The molecule has 1 aromatic carbocycles. The van der Waals surface area contributed by atoms with E-state index in [4.69, 9.17) is 9.47 Å². The molecule has 0 aliphatic carbocycles. The van der Waals surface area contributed by atoms with Crippen molar-refractivity contribution >= 4 is 15.9 Å². The van der Waals surface area contributed by atoms with Gasteiger partial charge in [0.25, 0.3) is 0 Å². The maximum Gasteiger partial charge on any atom is 0.123 e. The monoisotopic (exact) mass is 301 g/mol. The highest BCUT2D eigenvalue weighted by Crippen LogP contribution is 2.23. The van der Waals surface area contributed by atoms with Crippen LogP contribution in [0.25, 0.3) is 0 Å². The Morgan fingerprint density at radius 3 is 2.76 bits per heavy atom. The van der Waals surface area contributed by atoms with Crippen molar-refractivity contribution in [1.82, 2.24) is 5.32 Å². The van der Waals surface area contributed by atoms with Crippen molar-refractivity contribution in [3.8, 4) is 5.75 Å². The van der Waals surface area contributed by atoms with Crippen LogP contribution in [0.3, 0.4) is 0 Å². The summed E-state index contributed by atoms with van der Waals surface area (Å²) >= 11 is 3.47. The Kier molecular flexibility index (Phi) is 7.24. The van der Waals surface area contributed by atoms with Crippen molar-refractivity contribution in [3.05, 3.63) is 28.2 Å². The summed E-state index contributed by atoms with van der Waals surface area (Å²) in [4.78, 5) is 0. The zero-order valence-corrected chi connectivity index (χ0v) is 12.0. The van der Waals surface area contributed by atoms with E-state index in [-0.39, 0.29) is 0 Å². The predicted octanol–water partition coefficient (Wildman–Crippen LogP) is 2.97. The third-order valence-electron chi connectivity index (χ3n) is 2.28. The third-order valence-corrected chi connectivity index (χ3v) is 2.77. The van der Waals surface area contributed by atoms with Gasteiger partial charge in [-0.15, -0.1) is 0 Å². The summed E-state index contributed by atoms with van der Waals surface area (Å²) in [6.07, 6.45) is 0. The highest BCUT2D eigenvalue weighted by atomic mass is 79.9. The van der Waals surface area contributed by atoms with Crippen molar-refractivity contribution in [2.45, 2.75) is 20.4 Å². The quantitative estimate of drug-likeness (QED) is 0.749. The average molecular weight is 302 g/mol. The number of rotatable bonds is 8. The summed E-state index contributed by atoms with van der Waals surface area (Å²) in [5, 5.41) is 3.30. The first kappa shape index (κ1) is 14.5. The molecule has 96 valence electrons. The summed E-state index contributed by atoms with van der Waals surface area (Å²) in [6, 6.07) is 6.06. The molecule has 3 nitrogen and oxygen atoms in total. The normalized spacial score (nSPS) is 10.5. The van der Waals surface area contributed by atoms with Gasteiger partial charge >= 0.3 is 0 Å². The van der Waals surface area contributed by atoms with Crippen molar-refractivity contribution in [2.75, 3.05) is 26.4 Å². The van der Waals surface area contributed by atoms with Gasteiger partial charge in [0.1, 0.15) is 12.4 Å². The highest BCUT2D eigenvalue weighted by Gasteiger charge is 2.04. The van der Waals surface area contributed by atoms with Crippen molar-refractivity contribution in [1.29, 1.82) is 0 Å². The highest BCUT2D eigenvalue weighted by molar-refractivity contribution is 9.10. The Morgan fingerprint density at radius 2 is 2.06 bits per heavy atom. The molecule has 0 saturated heterocycles. The minimum absolute atomic E-state index is 0.592. The van der Waals surface area contributed by atoms with E-state index < -0.39 is 0 Å². The number of benzene rings is 1. The average Bonchev–Trinajstić information content (AvgIpc) is 2.34. The summed E-state index contributed by atoms with van der Waals surface area (Å²) in [6.45, 7) is 7.80. The van der Waals surface area contributed by atoms with Gasteiger partial charge in [0.05, 0.1) is 6.61 Å². The van der Waals surface area contributed by atoms with Crippen LogP contribution in [0.4, 0.5) is 0 Å². The van der Waals surface area contributed by atoms with Gasteiger partial charge in [-0.2, -0.15) is 0 Å². The number of ether oxygens (including phenoxy) is 2. The first-order valence-electron chi connectivity index (χ1n) is 5.97. The zero-order valence-electron chi connectivity index (χ0n) is 10.5. The van der Waals surface area contributed by atoms with Gasteiger partial charge in [0.15, 0.2) is 0 Å². The molecule has 0 aliphatic rings. The molecule has 17 heavy (non-hydrogen) atoms. The maximum absolute atomic E-state index is 5.71. The molecule has 0 aliphatic heterocycles. The Labute approximate surface area is 112 Å². The minimum Gasteiger partial charge on any atom is -0.491 e. The number of halogens is 1. The Bertz CT molecular complexity index is 331. The second-order valence-electron chi connectivity index (χ2n) is 3.58. The van der Waals surface area contributed by atoms with E-state index in [1.807, 2.05) is 19.1 Å². The van der Waals surface area contributed by atoms with Crippen LogP contribution in [-0.2, 0) is 11.3 Å². The molecule has 0 bridgehead atoms. The Balaban J connectivity index is 2.55. The van der Waals surface area contributed by atoms with Crippen molar-refractivity contribution in [2.24, 2.45) is 0 Å². The molecule has 0 fully saturated rings. The fourth-order valence-electron chi connectivity index (χ4n) is 1.44. The Morgan fingerprint density at radius 1 is 1.24 bits per heavy atom. The van der Waals surface area contributed by atoms with Gasteiger partial charge in [0.2, 0.25) is 0 Å². The van der Waals surface area contributed by atoms with Crippen LogP contribution in [-0.4, -0.2) is 26.4 Å². The Hall–Kier alpha value is -0.580. The molecule has 0 spiro atoms. The molecule has 4 heteroatoms. The largest absolute Gasteiger partial charge is 0.491 e. The number of hydrogen-bond donors (Lipinski definition) is 1. The fourth-order valence-corrected chi connectivity index (χ4v) is 1.85. The first-order chi connectivity index (χ1) is 8.27. The minimum atomic E-state index is 0.592. The van der Waals surface area contributed by atoms with E-state index in [9.17, 15) is 0 Å².